The summed E-state index contributed by atoms with van der Waals surface area (Å²) in [5.41, 5.74) is 4.77. The summed E-state index contributed by atoms with van der Waals surface area (Å²) in [5.74, 6) is 0.870. The van der Waals surface area contributed by atoms with Gasteiger partial charge in [-0.3, -0.25) is 10.0 Å². The second-order valence-corrected chi connectivity index (χ2v) is 11.2. The summed E-state index contributed by atoms with van der Waals surface area (Å²) in [6, 6.07) is 16.1. The van der Waals surface area contributed by atoms with E-state index in [9.17, 15) is 8.42 Å². The van der Waals surface area contributed by atoms with Gasteiger partial charge in [0.25, 0.3) is 0 Å². The molecule has 0 radical (unpaired) electrons. The number of nitrogens with zero attached hydrogens (tertiary/aromatic N) is 1. The summed E-state index contributed by atoms with van der Waals surface area (Å²) in [6.45, 7) is 8.20. The molecule has 0 fully saturated rings. The second kappa shape index (κ2) is 10.3. The van der Waals surface area contributed by atoms with Gasteiger partial charge in [-0.1, -0.05) is 45.0 Å². The number of hydrogen-bond acceptors (Lipinski definition) is 5. The molecular weight excluding hydrogens is 457 g/mol. The molecule has 0 spiro atoms. The van der Waals surface area contributed by atoms with E-state index in [1.165, 1.54) is 0 Å². The molecule has 0 amide bonds. The zero-order valence-electron chi connectivity index (χ0n) is 19.8. The zero-order chi connectivity index (χ0) is 23.8. The van der Waals surface area contributed by atoms with Gasteiger partial charge in [0.15, 0.2) is 0 Å². The Labute approximate surface area is 224 Å². The number of benzene rings is 3. The van der Waals surface area contributed by atoms with Crippen molar-refractivity contribution in [1.29, 1.82) is 0 Å². The first-order valence-electron chi connectivity index (χ1n) is 10.9. The molecule has 34 heavy (non-hydrogen) atoms. The van der Waals surface area contributed by atoms with Crippen molar-refractivity contribution in [2.45, 2.75) is 26.2 Å². The Balaban J connectivity index is 0.00000324. The van der Waals surface area contributed by atoms with Crippen LogP contribution in [-0.4, -0.2) is 64.6 Å². The average molecular weight is 490 g/mol. The van der Waals surface area contributed by atoms with E-state index in [0.717, 1.165) is 58.4 Å². The fourth-order valence-electron chi connectivity index (χ4n) is 4.14. The van der Waals surface area contributed by atoms with Crippen LogP contribution >= 0.6 is 0 Å². The Morgan fingerprint density at radius 1 is 1.03 bits per heavy atom. The van der Waals surface area contributed by atoms with E-state index >= 15 is 0 Å². The minimum atomic E-state index is -3.32. The molecule has 1 aliphatic heterocycles. The molecule has 3 aromatic carbocycles. The normalized spacial score (nSPS) is 14.1. The van der Waals surface area contributed by atoms with Crippen molar-refractivity contribution in [1.82, 2.24) is 5.32 Å². The molecule has 4 rings (SSSR count). The van der Waals surface area contributed by atoms with Gasteiger partial charge in [0.2, 0.25) is 10.0 Å². The monoisotopic (exact) mass is 489 g/mol. The average Bonchev–Trinajstić information content (AvgIpc) is 2.76. The molecule has 0 aliphatic carbocycles. The topological polar surface area (TPSA) is 70.7 Å². The summed E-state index contributed by atoms with van der Waals surface area (Å²) >= 11 is 0. The van der Waals surface area contributed by atoms with E-state index in [1.54, 1.807) is 13.2 Å². The molecule has 0 unspecified atom stereocenters. The fraction of sp³-hybridized carbons (Fsp3) is 0.308. The summed E-state index contributed by atoms with van der Waals surface area (Å²) in [6.07, 6.45) is 5.38. The predicted octanol–water partition coefficient (Wildman–Crippen LogP) is 4.42. The molecular formula is C26H32N3NaO3S. The first-order valence-corrected chi connectivity index (χ1v) is 12.8. The van der Waals surface area contributed by atoms with Crippen molar-refractivity contribution in [3.05, 3.63) is 66.4 Å². The Morgan fingerprint density at radius 2 is 1.74 bits per heavy atom. The Bertz CT molecular complexity index is 1330. The summed E-state index contributed by atoms with van der Waals surface area (Å²) < 4.78 is 31.7. The van der Waals surface area contributed by atoms with Gasteiger partial charge in [0.1, 0.15) is 5.75 Å². The third-order valence-electron chi connectivity index (χ3n) is 5.70. The molecule has 2 N–H and O–H groups in total. The third kappa shape index (κ3) is 5.96. The van der Waals surface area contributed by atoms with E-state index < -0.39 is 10.0 Å². The van der Waals surface area contributed by atoms with Crippen LogP contribution in [0.3, 0.4) is 0 Å². The van der Waals surface area contributed by atoms with Gasteiger partial charge in [-0.15, -0.1) is 0 Å². The summed E-state index contributed by atoms with van der Waals surface area (Å²) in [4.78, 5) is 2.20. The van der Waals surface area contributed by atoms with Crippen LogP contribution in [0, 0.1) is 0 Å². The maximum absolute atomic E-state index is 11.6. The predicted molar refractivity (Wildman–Crippen MR) is 145 cm³/mol. The maximum atomic E-state index is 11.6. The second-order valence-electron chi connectivity index (χ2n) is 9.44. The number of fused-ring (bicyclic) bond motifs is 1. The number of rotatable bonds is 5. The van der Waals surface area contributed by atoms with Crippen molar-refractivity contribution >= 4 is 61.7 Å². The van der Waals surface area contributed by atoms with Crippen LogP contribution in [0.1, 0.15) is 26.3 Å². The molecule has 0 saturated heterocycles. The van der Waals surface area contributed by atoms with Crippen LogP contribution in [0.5, 0.6) is 5.75 Å². The molecule has 0 aromatic heterocycles. The van der Waals surface area contributed by atoms with Gasteiger partial charge >= 0.3 is 29.6 Å². The zero-order valence-corrected chi connectivity index (χ0v) is 20.6. The van der Waals surface area contributed by atoms with E-state index in [4.69, 9.17) is 4.74 Å². The van der Waals surface area contributed by atoms with Crippen LogP contribution in [-0.2, 0) is 15.4 Å². The van der Waals surface area contributed by atoms with Crippen LogP contribution in [0.4, 0.5) is 11.4 Å². The van der Waals surface area contributed by atoms with Crippen LogP contribution < -0.4 is 19.7 Å². The van der Waals surface area contributed by atoms with Crippen molar-refractivity contribution in [2.24, 2.45) is 0 Å². The first-order chi connectivity index (χ1) is 15.5. The molecule has 6 nitrogen and oxygen atoms in total. The molecule has 1 heterocycles. The minimum absolute atomic E-state index is 0. The molecule has 8 heteroatoms. The molecule has 0 saturated carbocycles. The van der Waals surface area contributed by atoms with Crippen molar-refractivity contribution in [2.75, 3.05) is 36.2 Å². The van der Waals surface area contributed by atoms with Crippen molar-refractivity contribution < 1.29 is 13.2 Å². The van der Waals surface area contributed by atoms with Crippen LogP contribution in [0.25, 0.3) is 21.9 Å². The van der Waals surface area contributed by atoms with E-state index in [0.29, 0.717) is 5.69 Å². The SMILES string of the molecule is COc1c(-c2ccc3cc(NS(C)(=O)=O)ccc3c2)cc(N2C=CCNC2)cc1C(C)(C)C.[NaH]. The van der Waals surface area contributed by atoms with Crippen LogP contribution in [0.2, 0.25) is 0 Å². The Morgan fingerprint density at radius 3 is 2.35 bits per heavy atom. The number of nitrogens with one attached hydrogen (secondary N) is 2. The Hall–Kier alpha value is -2.03. The first kappa shape index (κ1) is 26.6. The molecule has 0 bridgehead atoms. The number of anilines is 2. The van der Waals surface area contributed by atoms with E-state index in [2.05, 4.69) is 72.3 Å². The van der Waals surface area contributed by atoms with Crippen molar-refractivity contribution in [3.8, 4) is 16.9 Å². The summed E-state index contributed by atoms with van der Waals surface area (Å²) in [7, 11) is -1.60. The number of hydrogen-bond donors (Lipinski definition) is 2. The molecule has 3 aromatic rings. The van der Waals surface area contributed by atoms with Gasteiger partial charge in [0.05, 0.1) is 20.0 Å². The molecule has 1 aliphatic rings. The fourth-order valence-corrected chi connectivity index (χ4v) is 4.70. The van der Waals surface area contributed by atoms with E-state index in [-0.39, 0.29) is 35.0 Å². The van der Waals surface area contributed by atoms with Crippen LogP contribution in [0.15, 0.2) is 60.8 Å². The van der Waals surface area contributed by atoms with Gasteiger partial charge in [0, 0.05) is 35.2 Å². The number of ether oxygens (including phenoxy) is 1. The van der Waals surface area contributed by atoms with Gasteiger partial charge in [-0.2, -0.15) is 0 Å². The third-order valence-corrected chi connectivity index (χ3v) is 6.31. The molecule has 0 atom stereocenters. The number of sulfonamides is 1. The van der Waals surface area contributed by atoms with Gasteiger partial charge < -0.3 is 9.64 Å². The van der Waals surface area contributed by atoms with E-state index in [1.807, 2.05) is 18.2 Å². The van der Waals surface area contributed by atoms with Crippen molar-refractivity contribution in [3.63, 3.8) is 0 Å². The number of methoxy groups -OCH3 is 1. The van der Waals surface area contributed by atoms with Gasteiger partial charge in [-0.05, 0) is 52.1 Å². The van der Waals surface area contributed by atoms with Gasteiger partial charge in [-0.25, -0.2) is 8.42 Å². The molecule has 176 valence electrons. The quantitative estimate of drug-likeness (QED) is 0.520. The summed E-state index contributed by atoms with van der Waals surface area (Å²) in [5, 5.41) is 5.37. The Kier molecular flexibility index (Phi) is 8.05. The standard InChI is InChI=1S/C26H31N3O3S.Na.H/c1-26(2,3)24-16-22(29-12-6-11-27-17-29)15-23(25(24)32-4)20-8-7-19-14-21(28-33(5,30)31)10-9-18(19)13-20;;/h6-10,12-16,27-28H,11,17H2,1-5H3;;.